The van der Waals surface area contributed by atoms with Crippen molar-refractivity contribution in [2.24, 2.45) is 11.3 Å². The van der Waals surface area contributed by atoms with Gasteiger partial charge in [-0.2, -0.15) is 0 Å². The van der Waals surface area contributed by atoms with Crippen molar-refractivity contribution in [2.45, 2.75) is 96.8 Å². The molecule has 0 unspecified atom stereocenters. The lowest BCUT2D eigenvalue weighted by Gasteiger charge is -2.46. The molecule has 3 aliphatic rings. The number of fused-ring (bicyclic) bond motifs is 1. The first kappa shape index (κ1) is 28.4. The van der Waals surface area contributed by atoms with Gasteiger partial charge in [-0.15, -0.1) is 0 Å². The summed E-state index contributed by atoms with van der Waals surface area (Å²) in [4.78, 5) is 41.6. The van der Waals surface area contributed by atoms with Crippen molar-refractivity contribution >= 4 is 17.8 Å². The molecule has 3 rings (SSSR count). The second-order valence-corrected chi connectivity index (χ2v) is 10.5. The van der Waals surface area contributed by atoms with Crippen LogP contribution in [0.1, 0.15) is 96.8 Å². The van der Waals surface area contributed by atoms with Crippen molar-refractivity contribution in [1.82, 2.24) is 10.2 Å². The smallest absolute Gasteiger partial charge is 0.317 e. The molecule has 1 heterocycles. The predicted molar refractivity (Wildman–Crippen MR) is 140 cm³/mol. The summed E-state index contributed by atoms with van der Waals surface area (Å²) in [5, 5.41) is 2.95. The van der Waals surface area contributed by atoms with Crippen molar-refractivity contribution < 1.29 is 23.9 Å². The number of unbranched alkanes of at least 4 members (excludes halogenated alkanes) is 1. The Morgan fingerprint density at radius 2 is 1.89 bits per heavy atom. The van der Waals surface area contributed by atoms with Crippen LogP contribution in [0, 0.1) is 11.3 Å². The molecular weight excluding hydrogens is 456 g/mol. The van der Waals surface area contributed by atoms with Gasteiger partial charge >= 0.3 is 5.97 Å². The van der Waals surface area contributed by atoms with E-state index in [4.69, 9.17) is 9.47 Å². The Hall–Kier alpha value is -2.15. The molecule has 0 radical (unpaired) electrons. The fourth-order valence-electron chi connectivity index (χ4n) is 5.86. The molecule has 1 N–H and O–H groups in total. The van der Waals surface area contributed by atoms with Crippen LogP contribution in [0.4, 0.5) is 0 Å². The van der Waals surface area contributed by atoms with Gasteiger partial charge in [0, 0.05) is 44.3 Å². The number of nitrogens with one attached hydrogen (secondary N) is 1. The zero-order chi connectivity index (χ0) is 25.8. The Kier molecular flexibility index (Phi) is 11.5. The highest BCUT2D eigenvalue weighted by molar-refractivity contribution is 5.92. The Morgan fingerprint density at radius 1 is 1.11 bits per heavy atom. The number of hydrogen-bond donors (Lipinski definition) is 1. The lowest BCUT2D eigenvalue weighted by atomic mass is 9.69. The largest absolute Gasteiger partial charge is 0.468 e. The SMILES string of the molecule is CCCCOCCCNC(=O)C[C@@H]1C[C@@]2(C(=O)OC)CCCCC=C2N(CCC2=CCCCC2)C1=O. The second-order valence-electron chi connectivity index (χ2n) is 10.5. The van der Waals surface area contributed by atoms with Crippen LogP contribution in [0.5, 0.6) is 0 Å². The van der Waals surface area contributed by atoms with E-state index < -0.39 is 11.3 Å². The first-order valence-corrected chi connectivity index (χ1v) is 14.1. The fourth-order valence-corrected chi connectivity index (χ4v) is 5.86. The summed E-state index contributed by atoms with van der Waals surface area (Å²) in [5.74, 6) is -0.977. The van der Waals surface area contributed by atoms with Crippen LogP contribution in [-0.4, -0.2) is 56.1 Å². The lowest BCUT2D eigenvalue weighted by molar-refractivity contribution is -0.159. The van der Waals surface area contributed by atoms with Crippen molar-refractivity contribution in [3.8, 4) is 0 Å². The minimum absolute atomic E-state index is 0.0304. The number of likely N-dealkylation sites (tertiary alicyclic amines) is 1. The van der Waals surface area contributed by atoms with E-state index >= 15 is 0 Å². The van der Waals surface area contributed by atoms with Crippen LogP contribution in [0.25, 0.3) is 0 Å². The van der Waals surface area contributed by atoms with Crippen LogP contribution in [0.2, 0.25) is 0 Å². The molecule has 1 fully saturated rings. The molecule has 2 atom stereocenters. The molecule has 202 valence electrons. The maximum absolute atomic E-state index is 13.7. The third-order valence-corrected chi connectivity index (χ3v) is 7.87. The van der Waals surface area contributed by atoms with E-state index in [0.717, 1.165) is 70.1 Å². The highest BCUT2D eigenvalue weighted by atomic mass is 16.5. The van der Waals surface area contributed by atoms with Gasteiger partial charge in [0.1, 0.15) is 5.41 Å². The minimum Gasteiger partial charge on any atom is -0.468 e. The minimum atomic E-state index is -0.849. The standard InChI is InChI=1S/C29H46N2O5/c1-3-4-19-36-20-11-17-30-26(32)21-24-22-29(28(34)35-2)16-10-6-9-14-25(29)31(27(24)33)18-15-23-12-7-5-8-13-23/h12,14,24H,3-11,13,15-22H2,1-2H3,(H,30,32)/t24-,29+/m1/s1. The average Bonchev–Trinajstić information content (AvgIpc) is 3.11. The van der Waals surface area contributed by atoms with Gasteiger partial charge in [-0.25, -0.2) is 0 Å². The number of carbonyl (C=O) groups is 3. The van der Waals surface area contributed by atoms with Crippen molar-refractivity contribution in [1.29, 1.82) is 0 Å². The lowest BCUT2D eigenvalue weighted by Crippen LogP contribution is -2.53. The molecule has 7 nitrogen and oxygen atoms in total. The molecule has 0 spiro atoms. The van der Waals surface area contributed by atoms with Gasteiger partial charge in [-0.3, -0.25) is 14.4 Å². The van der Waals surface area contributed by atoms with E-state index in [1.165, 1.54) is 25.5 Å². The van der Waals surface area contributed by atoms with Gasteiger partial charge in [-0.1, -0.05) is 37.5 Å². The number of hydrogen-bond acceptors (Lipinski definition) is 5. The molecule has 0 bridgehead atoms. The predicted octanol–water partition coefficient (Wildman–Crippen LogP) is 5.06. The number of rotatable bonds is 13. The molecule has 0 saturated carbocycles. The van der Waals surface area contributed by atoms with E-state index in [1.807, 2.05) is 4.90 Å². The monoisotopic (exact) mass is 502 g/mol. The summed E-state index contributed by atoms with van der Waals surface area (Å²) in [5.41, 5.74) is 1.36. The van der Waals surface area contributed by atoms with Crippen LogP contribution in [-0.2, 0) is 23.9 Å². The zero-order valence-electron chi connectivity index (χ0n) is 22.4. The van der Waals surface area contributed by atoms with E-state index in [9.17, 15) is 14.4 Å². The maximum Gasteiger partial charge on any atom is 0.317 e. The molecule has 7 heteroatoms. The van der Waals surface area contributed by atoms with Crippen LogP contribution in [0.3, 0.4) is 0 Å². The van der Waals surface area contributed by atoms with Crippen LogP contribution in [0.15, 0.2) is 23.4 Å². The highest BCUT2D eigenvalue weighted by Crippen LogP contribution is 2.49. The summed E-state index contributed by atoms with van der Waals surface area (Å²) in [7, 11) is 1.43. The summed E-state index contributed by atoms with van der Waals surface area (Å²) >= 11 is 0. The average molecular weight is 503 g/mol. The molecule has 2 aliphatic carbocycles. The van der Waals surface area contributed by atoms with Gasteiger partial charge in [0.25, 0.3) is 0 Å². The van der Waals surface area contributed by atoms with E-state index in [2.05, 4.69) is 24.4 Å². The Balaban J connectivity index is 1.70. The Bertz CT molecular complexity index is 820. The molecule has 0 aromatic carbocycles. The van der Waals surface area contributed by atoms with E-state index in [-0.39, 0.29) is 24.2 Å². The molecule has 2 amide bonds. The van der Waals surface area contributed by atoms with Crippen LogP contribution < -0.4 is 5.32 Å². The first-order valence-electron chi connectivity index (χ1n) is 14.1. The molecule has 0 aromatic rings. The van der Waals surface area contributed by atoms with Gasteiger partial charge in [0.05, 0.1) is 7.11 Å². The highest BCUT2D eigenvalue weighted by Gasteiger charge is 2.53. The van der Waals surface area contributed by atoms with Gasteiger partial charge in [-0.05, 0) is 70.6 Å². The molecule has 0 aromatic heterocycles. The third kappa shape index (κ3) is 7.44. The van der Waals surface area contributed by atoms with Crippen molar-refractivity contribution in [3.05, 3.63) is 23.4 Å². The number of esters is 1. The Morgan fingerprint density at radius 3 is 2.64 bits per heavy atom. The number of methoxy groups -OCH3 is 1. The summed E-state index contributed by atoms with van der Waals surface area (Å²) in [6, 6.07) is 0. The van der Waals surface area contributed by atoms with Crippen molar-refractivity contribution in [3.63, 3.8) is 0 Å². The normalized spacial score (nSPS) is 24.3. The summed E-state index contributed by atoms with van der Waals surface area (Å²) in [6.45, 7) is 4.58. The number of nitrogens with zero attached hydrogens (tertiary/aromatic N) is 1. The second kappa shape index (κ2) is 14.6. The van der Waals surface area contributed by atoms with Gasteiger partial charge in [0.15, 0.2) is 0 Å². The Labute approximate surface area is 217 Å². The number of carbonyl (C=O) groups excluding carboxylic acids is 3. The van der Waals surface area contributed by atoms with Gasteiger partial charge in [0.2, 0.25) is 11.8 Å². The quantitative estimate of drug-likeness (QED) is 0.216. The summed E-state index contributed by atoms with van der Waals surface area (Å²) in [6.07, 6.45) is 16.6. The zero-order valence-corrected chi connectivity index (χ0v) is 22.4. The van der Waals surface area contributed by atoms with E-state index in [1.54, 1.807) is 0 Å². The number of allylic oxidation sites excluding steroid dienone is 2. The summed E-state index contributed by atoms with van der Waals surface area (Å²) < 4.78 is 10.9. The maximum atomic E-state index is 13.7. The number of piperidine rings is 1. The van der Waals surface area contributed by atoms with E-state index in [0.29, 0.717) is 32.5 Å². The molecule has 36 heavy (non-hydrogen) atoms. The van der Waals surface area contributed by atoms with Gasteiger partial charge < -0.3 is 19.7 Å². The molecule has 1 saturated heterocycles. The van der Waals surface area contributed by atoms with Crippen molar-refractivity contribution in [2.75, 3.05) is 33.4 Å². The topological polar surface area (TPSA) is 84.9 Å². The molecular formula is C29H46N2O5. The molecule has 1 aliphatic heterocycles. The number of ether oxygens (including phenoxy) is 2. The fraction of sp³-hybridized carbons (Fsp3) is 0.759. The first-order chi connectivity index (χ1) is 17.5. The number of amides is 2. The third-order valence-electron chi connectivity index (χ3n) is 7.87. The van der Waals surface area contributed by atoms with Crippen LogP contribution >= 0.6 is 0 Å².